The van der Waals surface area contributed by atoms with E-state index in [1.807, 2.05) is 0 Å². The van der Waals surface area contributed by atoms with Crippen molar-refractivity contribution in [2.75, 3.05) is 26.2 Å². The third-order valence-corrected chi connectivity index (χ3v) is 4.67. The van der Waals surface area contributed by atoms with Crippen LogP contribution in [0.15, 0.2) is 46.0 Å². The molecule has 0 radical (unpaired) electrons. The van der Waals surface area contributed by atoms with Gasteiger partial charge in [0.1, 0.15) is 5.69 Å². The summed E-state index contributed by atoms with van der Waals surface area (Å²) in [6, 6.07) is 4.92. The highest BCUT2D eigenvalue weighted by Gasteiger charge is 2.26. The van der Waals surface area contributed by atoms with Crippen molar-refractivity contribution >= 4 is 22.9 Å². The summed E-state index contributed by atoms with van der Waals surface area (Å²) in [5.74, 6) is -0.798. The van der Waals surface area contributed by atoms with E-state index in [9.17, 15) is 14.4 Å². The van der Waals surface area contributed by atoms with Crippen molar-refractivity contribution in [2.24, 2.45) is 7.05 Å². The Bertz CT molecular complexity index is 1060. The Balaban J connectivity index is 1.46. The van der Waals surface area contributed by atoms with E-state index in [-0.39, 0.29) is 11.8 Å². The smallest absolute Gasteiger partial charge is 0.408 e. The predicted octanol–water partition coefficient (Wildman–Crippen LogP) is 0.520. The van der Waals surface area contributed by atoms with E-state index in [1.54, 1.807) is 35.0 Å². The van der Waals surface area contributed by atoms with Gasteiger partial charge in [-0.15, -0.1) is 0 Å². The second kappa shape index (κ2) is 6.67. The zero-order chi connectivity index (χ0) is 19.0. The minimum Gasteiger partial charge on any atom is -0.408 e. The maximum Gasteiger partial charge on any atom is 0.419 e. The molecule has 4 rings (SSSR count). The Labute approximate surface area is 153 Å². The van der Waals surface area contributed by atoms with Crippen LogP contribution in [0.4, 0.5) is 0 Å². The average Bonchev–Trinajstić information content (AvgIpc) is 3.01. The fourth-order valence-electron chi connectivity index (χ4n) is 3.13. The SMILES string of the molecule is Cn1c(=O)oc2ccc(C(=O)N3CCN(C(=O)c4cnccn4)CC3)cc21. The molecule has 0 bridgehead atoms. The number of nitrogens with zero attached hydrogens (tertiary/aromatic N) is 5. The molecule has 9 heteroatoms. The Hall–Kier alpha value is -3.49. The van der Waals surface area contributed by atoms with Gasteiger partial charge in [0.2, 0.25) is 0 Å². The lowest BCUT2D eigenvalue weighted by Gasteiger charge is -2.34. The van der Waals surface area contributed by atoms with Gasteiger partial charge in [-0.2, -0.15) is 0 Å². The molecule has 27 heavy (non-hydrogen) atoms. The maximum atomic E-state index is 12.8. The number of hydrogen-bond acceptors (Lipinski definition) is 6. The molecule has 0 atom stereocenters. The molecule has 138 valence electrons. The van der Waals surface area contributed by atoms with Gasteiger partial charge >= 0.3 is 5.76 Å². The van der Waals surface area contributed by atoms with Crippen LogP contribution in [-0.4, -0.2) is 62.3 Å². The van der Waals surface area contributed by atoms with Gasteiger partial charge in [0.15, 0.2) is 5.58 Å². The van der Waals surface area contributed by atoms with Gasteiger partial charge in [-0.25, -0.2) is 9.78 Å². The van der Waals surface area contributed by atoms with Gasteiger partial charge in [-0.3, -0.25) is 19.1 Å². The molecule has 0 unspecified atom stereocenters. The first-order valence-corrected chi connectivity index (χ1v) is 8.49. The van der Waals surface area contributed by atoms with Crippen molar-refractivity contribution in [3.8, 4) is 0 Å². The molecule has 0 saturated carbocycles. The van der Waals surface area contributed by atoms with Crippen LogP contribution in [0.2, 0.25) is 0 Å². The maximum absolute atomic E-state index is 12.8. The number of piperazine rings is 1. The first kappa shape index (κ1) is 17.0. The lowest BCUT2D eigenvalue weighted by Crippen LogP contribution is -2.50. The number of rotatable bonds is 2. The molecule has 1 aliphatic rings. The third kappa shape index (κ3) is 3.07. The fraction of sp³-hybridized carbons (Fsp3) is 0.278. The van der Waals surface area contributed by atoms with Gasteiger partial charge in [-0.1, -0.05) is 0 Å². The van der Waals surface area contributed by atoms with Crippen molar-refractivity contribution in [1.82, 2.24) is 24.3 Å². The van der Waals surface area contributed by atoms with Crippen LogP contribution in [0.5, 0.6) is 0 Å². The van der Waals surface area contributed by atoms with Crippen LogP contribution < -0.4 is 5.76 Å². The predicted molar refractivity (Wildman–Crippen MR) is 95.3 cm³/mol. The summed E-state index contributed by atoms with van der Waals surface area (Å²) in [5, 5.41) is 0. The lowest BCUT2D eigenvalue weighted by molar-refractivity contribution is 0.0532. The van der Waals surface area contributed by atoms with E-state index in [0.717, 1.165) is 0 Å². The lowest BCUT2D eigenvalue weighted by atomic mass is 10.1. The molecule has 1 aromatic carbocycles. The molecule has 2 amide bonds. The molecular weight excluding hydrogens is 350 g/mol. The molecule has 0 aliphatic carbocycles. The molecule has 3 heterocycles. The number of oxazole rings is 1. The minimum atomic E-state index is -0.467. The molecule has 0 spiro atoms. The number of hydrogen-bond donors (Lipinski definition) is 0. The Morgan fingerprint density at radius 3 is 2.41 bits per heavy atom. The second-order valence-electron chi connectivity index (χ2n) is 6.28. The molecule has 9 nitrogen and oxygen atoms in total. The second-order valence-corrected chi connectivity index (χ2v) is 6.28. The summed E-state index contributed by atoms with van der Waals surface area (Å²) >= 11 is 0. The van der Waals surface area contributed by atoms with Gasteiger partial charge in [0, 0.05) is 51.2 Å². The van der Waals surface area contributed by atoms with Gasteiger partial charge in [0.25, 0.3) is 11.8 Å². The first-order valence-electron chi connectivity index (χ1n) is 8.49. The van der Waals surface area contributed by atoms with Crippen LogP contribution in [0.1, 0.15) is 20.8 Å². The third-order valence-electron chi connectivity index (χ3n) is 4.67. The van der Waals surface area contributed by atoms with Crippen LogP contribution in [0.3, 0.4) is 0 Å². The van der Waals surface area contributed by atoms with Crippen molar-refractivity contribution in [3.05, 3.63) is 58.6 Å². The summed E-state index contributed by atoms with van der Waals surface area (Å²) in [4.78, 5) is 48.1. The Morgan fingerprint density at radius 1 is 1.04 bits per heavy atom. The topological polar surface area (TPSA) is 102 Å². The standard InChI is InChI=1S/C18H17N5O4/c1-21-14-10-12(2-3-15(14)27-18(21)26)16(24)22-6-8-23(9-7-22)17(25)13-11-19-4-5-20-13/h2-5,10-11H,6-9H2,1H3. The molecular formula is C18H17N5O4. The summed E-state index contributed by atoms with van der Waals surface area (Å²) in [5.41, 5.74) is 1.79. The van der Waals surface area contributed by atoms with Crippen molar-refractivity contribution in [3.63, 3.8) is 0 Å². The number of fused-ring (bicyclic) bond motifs is 1. The van der Waals surface area contributed by atoms with Crippen LogP contribution >= 0.6 is 0 Å². The zero-order valence-electron chi connectivity index (χ0n) is 14.7. The summed E-state index contributed by atoms with van der Waals surface area (Å²) in [7, 11) is 1.60. The minimum absolute atomic E-state index is 0.142. The summed E-state index contributed by atoms with van der Waals surface area (Å²) in [6.45, 7) is 1.70. The Morgan fingerprint density at radius 2 is 1.74 bits per heavy atom. The number of carbonyl (C=O) groups is 2. The van der Waals surface area contributed by atoms with E-state index in [4.69, 9.17) is 4.42 Å². The van der Waals surface area contributed by atoms with Gasteiger partial charge < -0.3 is 14.2 Å². The van der Waals surface area contributed by atoms with Crippen LogP contribution in [0, 0.1) is 0 Å². The summed E-state index contributed by atoms with van der Waals surface area (Å²) in [6.07, 6.45) is 4.43. The highest BCUT2D eigenvalue weighted by atomic mass is 16.4. The monoisotopic (exact) mass is 367 g/mol. The fourth-order valence-corrected chi connectivity index (χ4v) is 3.13. The Kier molecular flexibility index (Phi) is 4.19. The zero-order valence-corrected chi connectivity index (χ0v) is 14.7. The molecule has 2 aromatic heterocycles. The van der Waals surface area contributed by atoms with Crippen LogP contribution in [0.25, 0.3) is 11.1 Å². The number of aromatic nitrogens is 3. The molecule has 1 saturated heterocycles. The van der Waals surface area contributed by atoms with E-state index < -0.39 is 5.76 Å². The molecule has 0 N–H and O–H groups in total. The number of benzene rings is 1. The average molecular weight is 367 g/mol. The van der Waals surface area contributed by atoms with Crippen LogP contribution in [-0.2, 0) is 7.05 Å². The largest absolute Gasteiger partial charge is 0.419 e. The molecule has 1 aliphatic heterocycles. The van der Waals surface area contributed by atoms with Crippen molar-refractivity contribution < 1.29 is 14.0 Å². The van der Waals surface area contributed by atoms with Crippen molar-refractivity contribution in [2.45, 2.75) is 0 Å². The highest BCUT2D eigenvalue weighted by Crippen LogP contribution is 2.17. The quantitative estimate of drug-likeness (QED) is 0.654. The van der Waals surface area contributed by atoms with Gasteiger partial charge in [0.05, 0.1) is 11.7 Å². The van der Waals surface area contributed by atoms with E-state index in [0.29, 0.717) is 48.5 Å². The van der Waals surface area contributed by atoms with Gasteiger partial charge in [-0.05, 0) is 18.2 Å². The number of aryl methyl sites for hydroxylation is 1. The first-order chi connectivity index (χ1) is 13.0. The van der Waals surface area contributed by atoms with E-state index in [2.05, 4.69) is 9.97 Å². The highest BCUT2D eigenvalue weighted by molar-refractivity contribution is 5.97. The van der Waals surface area contributed by atoms with E-state index in [1.165, 1.54) is 23.2 Å². The normalized spacial score (nSPS) is 14.6. The summed E-state index contributed by atoms with van der Waals surface area (Å²) < 4.78 is 6.45. The van der Waals surface area contributed by atoms with Crippen molar-refractivity contribution in [1.29, 1.82) is 0 Å². The number of carbonyl (C=O) groups excluding carboxylic acids is 2. The van der Waals surface area contributed by atoms with E-state index >= 15 is 0 Å². The molecule has 3 aromatic rings. The number of amides is 2. The molecule has 1 fully saturated rings.